The topological polar surface area (TPSA) is 37.4 Å². The van der Waals surface area contributed by atoms with Gasteiger partial charge in [-0.3, -0.25) is 9.59 Å². The van der Waals surface area contributed by atoms with Crippen LogP contribution in [0.3, 0.4) is 0 Å². The average Bonchev–Trinajstić information content (AvgIpc) is 2.26. The van der Waals surface area contributed by atoms with E-state index in [0.717, 1.165) is 0 Å². The number of hydrogen-bond acceptors (Lipinski definition) is 2. The van der Waals surface area contributed by atoms with Crippen LogP contribution in [0.5, 0.6) is 0 Å². The number of Topliss-reactive ketones (excluding diaryl/α,β-unsaturated/α-hetero) is 1. The summed E-state index contributed by atoms with van der Waals surface area (Å²) in [6.45, 7) is 2.43. The molecule has 72 valence electrons. The van der Waals surface area contributed by atoms with Crippen LogP contribution in [0.4, 0.5) is 0 Å². The van der Waals surface area contributed by atoms with Gasteiger partial charge in [-0.15, -0.1) is 0 Å². The van der Waals surface area contributed by atoms with Gasteiger partial charge in [0.25, 0.3) is 0 Å². The molecule has 2 rings (SSSR count). The van der Waals surface area contributed by atoms with Gasteiger partial charge in [-0.05, 0) is 25.7 Å². The zero-order valence-electron chi connectivity index (χ0n) is 7.95. The van der Waals surface area contributed by atoms with Crippen molar-refractivity contribution in [2.45, 2.75) is 38.6 Å². The highest BCUT2D eigenvalue weighted by Crippen LogP contribution is 2.33. The molecule has 1 amide bonds. The third-order valence-corrected chi connectivity index (χ3v) is 3.34. The SMILES string of the molecule is CC(C1CCC1)N1CC(=O)CC1=O. The Morgan fingerprint density at radius 3 is 2.46 bits per heavy atom. The molecule has 0 aromatic carbocycles. The highest BCUT2D eigenvalue weighted by molar-refractivity contribution is 6.05. The molecule has 0 aromatic rings. The van der Waals surface area contributed by atoms with Gasteiger partial charge in [0.05, 0.1) is 13.0 Å². The lowest BCUT2D eigenvalue weighted by Crippen LogP contribution is -2.42. The van der Waals surface area contributed by atoms with Crippen molar-refractivity contribution in [2.75, 3.05) is 6.54 Å². The Hall–Kier alpha value is -0.860. The van der Waals surface area contributed by atoms with E-state index in [1.807, 2.05) is 0 Å². The van der Waals surface area contributed by atoms with Crippen LogP contribution in [0.1, 0.15) is 32.6 Å². The highest BCUT2D eigenvalue weighted by atomic mass is 16.2. The fourth-order valence-electron chi connectivity index (χ4n) is 2.15. The van der Waals surface area contributed by atoms with Crippen molar-refractivity contribution in [3.8, 4) is 0 Å². The molecule has 2 fully saturated rings. The molecule has 0 radical (unpaired) electrons. The molecule has 0 bridgehead atoms. The second-order valence-electron chi connectivity index (χ2n) is 4.17. The van der Waals surface area contributed by atoms with E-state index >= 15 is 0 Å². The lowest BCUT2D eigenvalue weighted by atomic mass is 9.80. The first-order chi connectivity index (χ1) is 6.18. The van der Waals surface area contributed by atoms with Crippen LogP contribution in [0.15, 0.2) is 0 Å². The molecule has 0 aromatic heterocycles. The van der Waals surface area contributed by atoms with Crippen LogP contribution in [-0.4, -0.2) is 29.2 Å². The van der Waals surface area contributed by atoms with Gasteiger partial charge in [0.15, 0.2) is 5.78 Å². The molecule has 1 aliphatic heterocycles. The van der Waals surface area contributed by atoms with Crippen LogP contribution in [0, 0.1) is 5.92 Å². The summed E-state index contributed by atoms with van der Waals surface area (Å²) in [6.07, 6.45) is 3.86. The molecule has 0 N–H and O–H groups in total. The average molecular weight is 181 g/mol. The standard InChI is InChI=1S/C10H15NO2/c1-7(8-3-2-4-8)11-6-9(12)5-10(11)13/h7-8H,2-6H2,1H3. The molecule has 3 nitrogen and oxygen atoms in total. The number of likely N-dealkylation sites (tertiary alicyclic amines) is 1. The minimum Gasteiger partial charge on any atom is -0.332 e. The van der Waals surface area contributed by atoms with Crippen molar-refractivity contribution < 1.29 is 9.59 Å². The third kappa shape index (κ3) is 1.47. The van der Waals surface area contributed by atoms with Crippen molar-refractivity contribution >= 4 is 11.7 Å². The zero-order valence-corrected chi connectivity index (χ0v) is 7.95. The van der Waals surface area contributed by atoms with Gasteiger partial charge in [0.2, 0.25) is 5.91 Å². The number of ketones is 1. The van der Waals surface area contributed by atoms with Crippen molar-refractivity contribution in [1.29, 1.82) is 0 Å². The van der Waals surface area contributed by atoms with E-state index in [1.54, 1.807) is 4.90 Å². The highest BCUT2D eigenvalue weighted by Gasteiger charge is 2.36. The van der Waals surface area contributed by atoms with E-state index in [9.17, 15) is 9.59 Å². The van der Waals surface area contributed by atoms with Crippen LogP contribution in [-0.2, 0) is 9.59 Å². The summed E-state index contributed by atoms with van der Waals surface area (Å²) in [5.74, 6) is 0.760. The van der Waals surface area contributed by atoms with Crippen molar-refractivity contribution in [3.63, 3.8) is 0 Å². The fourth-order valence-corrected chi connectivity index (χ4v) is 2.15. The lowest BCUT2D eigenvalue weighted by molar-refractivity contribution is -0.130. The zero-order chi connectivity index (χ0) is 9.42. The molecular formula is C10H15NO2. The molecule has 1 saturated heterocycles. The Bertz CT molecular complexity index is 245. The van der Waals surface area contributed by atoms with E-state index in [4.69, 9.17) is 0 Å². The quantitative estimate of drug-likeness (QED) is 0.595. The Balaban J connectivity index is 1.99. The Morgan fingerprint density at radius 1 is 1.38 bits per heavy atom. The summed E-state index contributed by atoms with van der Waals surface area (Å²) in [4.78, 5) is 24.2. The van der Waals surface area contributed by atoms with Crippen molar-refractivity contribution in [2.24, 2.45) is 5.92 Å². The minimum atomic E-state index is 0.0319. The number of hydrogen-bond donors (Lipinski definition) is 0. The predicted molar refractivity (Wildman–Crippen MR) is 48.1 cm³/mol. The van der Waals surface area contributed by atoms with E-state index in [0.29, 0.717) is 12.5 Å². The Morgan fingerprint density at radius 2 is 2.08 bits per heavy atom. The summed E-state index contributed by atoms with van der Waals surface area (Å²) < 4.78 is 0. The smallest absolute Gasteiger partial charge is 0.230 e. The maximum absolute atomic E-state index is 11.4. The van der Waals surface area contributed by atoms with Crippen molar-refractivity contribution in [1.82, 2.24) is 4.90 Å². The summed E-state index contributed by atoms with van der Waals surface area (Å²) in [5, 5.41) is 0. The largest absolute Gasteiger partial charge is 0.332 e. The lowest BCUT2D eigenvalue weighted by Gasteiger charge is -2.36. The molecule has 1 heterocycles. The number of carbonyl (C=O) groups excluding carboxylic acids is 2. The molecular weight excluding hydrogens is 166 g/mol. The second kappa shape index (κ2) is 3.13. The normalized spacial score (nSPS) is 26.4. The molecule has 1 unspecified atom stereocenters. The molecule has 13 heavy (non-hydrogen) atoms. The number of carbonyl (C=O) groups is 2. The Kier molecular flexibility index (Phi) is 2.10. The maximum atomic E-state index is 11.4. The first-order valence-corrected chi connectivity index (χ1v) is 4.99. The first-order valence-electron chi connectivity index (χ1n) is 4.99. The Labute approximate surface area is 78.1 Å². The second-order valence-corrected chi connectivity index (χ2v) is 4.17. The fraction of sp³-hybridized carbons (Fsp3) is 0.800. The van der Waals surface area contributed by atoms with Crippen LogP contribution >= 0.6 is 0 Å². The van der Waals surface area contributed by atoms with Gasteiger partial charge in [0, 0.05) is 6.04 Å². The van der Waals surface area contributed by atoms with Crippen molar-refractivity contribution in [3.05, 3.63) is 0 Å². The van der Waals surface area contributed by atoms with Gasteiger partial charge in [-0.25, -0.2) is 0 Å². The summed E-state index contributed by atoms with van der Waals surface area (Å²) in [7, 11) is 0. The number of amides is 1. The molecule has 1 atom stereocenters. The third-order valence-electron chi connectivity index (χ3n) is 3.34. The van der Waals surface area contributed by atoms with Gasteiger partial charge in [-0.1, -0.05) is 6.42 Å². The van der Waals surface area contributed by atoms with Gasteiger partial charge in [0.1, 0.15) is 0 Å². The van der Waals surface area contributed by atoms with E-state index in [2.05, 4.69) is 6.92 Å². The summed E-state index contributed by atoms with van der Waals surface area (Å²) in [5.41, 5.74) is 0. The number of rotatable bonds is 2. The minimum absolute atomic E-state index is 0.0319. The summed E-state index contributed by atoms with van der Waals surface area (Å²) in [6, 6.07) is 0.285. The summed E-state index contributed by atoms with van der Waals surface area (Å²) >= 11 is 0. The number of nitrogens with zero attached hydrogens (tertiary/aromatic N) is 1. The maximum Gasteiger partial charge on any atom is 0.230 e. The molecule has 1 aliphatic carbocycles. The van der Waals surface area contributed by atoms with Crippen LogP contribution in [0.25, 0.3) is 0 Å². The predicted octanol–water partition coefficient (Wildman–Crippen LogP) is 0.976. The molecule has 3 heteroatoms. The van der Waals surface area contributed by atoms with E-state index < -0.39 is 0 Å². The monoisotopic (exact) mass is 181 g/mol. The van der Waals surface area contributed by atoms with Crippen LogP contribution < -0.4 is 0 Å². The van der Waals surface area contributed by atoms with Gasteiger partial charge in [-0.2, -0.15) is 0 Å². The van der Waals surface area contributed by atoms with Gasteiger partial charge >= 0.3 is 0 Å². The van der Waals surface area contributed by atoms with E-state index in [-0.39, 0.29) is 24.2 Å². The molecule has 0 spiro atoms. The molecule has 1 saturated carbocycles. The van der Waals surface area contributed by atoms with Crippen LogP contribution in [0.2, 0.25) is 0 Å². The van der Waals surface area contributed by atoms with Gasteiger partial charge < -0.3 is 4.90 Å². The van der Waals surface area contributed by atoms with E-state index in [1.165, 1.54) is 19.3 Å². The molecule has 2 aliphatic rings. The first kappa shape index (κ1) is 8.73.